The van der Waals surface area contributed by atoms with E-state index in [2.05, 4.69) is 10.0 Å². The van der Waals surface area contributed by atoms with Crippen molar-refractivity contribution < 1.29 is 22.7 Å². The van der Waals surface area contributed by atoms with Crippen LogP contribution in [0.3, 0.4) is 0 Å². The molecular formula is C20H24N2O5S. The molecule has 0 spiro atoms. The molecule has 0 bridgehead atoms. The van der Waals surface area contributed by atoms with Crippen LogP contribution in [-0.4, -0.2) is 33.4 Å². The third kappa shape index (κ3) is 6.79. The molecule has 0 saturated carbocycles. The van der Waals surface area contributed by atoms with Crippen LogP contribution in [0.4, 0.5) is 5.69 Å². The Bertz CT molecular complexity index is 907. The molecule has 0 aliphatic heterocycles. The van der Waals surface area contributed by atoms with Gasteiger partial charge in [-0.2, -0.15) is 0 Å². The number of sulfonamides is 1. The number of benzene rings is 2. The summed E-state index contributed by atoms with van der Waals surface area (Å²) in [6.07, 6.45) is 0.725. The van der Waals surface area contributed by atoms with Crippen LogP contribution < -0.4 is 10.0 Å². The van der Waals surface area contributed by atoms with Crippen molar-refractivity contribution in [2.24, 2.45) is 0 Å². The summed E-state index contributed by atoms with van der Waals surface area (Å²) in [6, 6.07) is 13.7. The predicted molar refractivity (Wildman–Crippen MR) is 106 cm³/mol. The Kier molecular flexibility index (Phi) is 7.71. The van der Waals surface area contributed by atoms with Gasteiger partial charge in [-0.25, -0.2) is 13.1 Å². The number of esters is 1. The van der Waals surface area contributed by atoms with Gasteiger partial charge >= 0.3 is 5.97 Å². The molecule has 2 rings (SSSR count). The van der Waals surface area contributed by atoms with Crippen molar-refractivity contribution in [3.8, 4) is 0 Å². The molecule has 0 radical (unpaired) electrons. The molecule has 0 unspecified atom stereocenters. The molecule has 8 heteroatoms. The van der Waals surface area contributed by atoms with Crippen molar-refractivity contribution in [1.29, 1.82) is 0 Å². The minimum atomic E-state index is -3.69. The van der Waals surface area contributed by atoms with Crippen LogP contribution in [0.2, 0.25) is 0 Å². The summed E-state index contributed by atoms with van der Waals surface area (Å²) in [4.78, 5) is 23.7. The molecule has 0 aliphatic carbocycles. The molecule has 0 atom stereocenters. The van der Waals surface area contributed by atoms with Gasteiger partial charge < -0.3 is 10.1 Å². The first kappa shape index (κ1) is 21.6. The van der Waals surface area contributed by atoms with Crippen molar-refractivity contribution in [1.82, 2.24) is 4.72 Å². The Labute approximate surface area is 165 Å². The van der Waals surface area contributed by atoms with Crippen molar-refractivity contribution in [2.75, 3.05) is 18.5 Å². The Morgan fingerprint density at radius 2 is 1.64 bits per heavy atom. The fourth-order valence-electron chi connectivity index (χ4n) is 2.33. The number of rotatable bonds is 9. The van der Waals surface area contributed by atoms with Gasteiger partial charge in [0.15, 0.2) is 6.61 Å². The van der Waals surface area contributed by atoms with Crippen LogP contribution in [0.15, 0.2) is 53.4 Å². The largest absolute Gasteiger partial charge is 0.456 e. The van der Waals surface area contributed by atoms with E-state index in [0.717, 1.165) is 17.5 Å². The highest BCUT2D eigenvalue weighted by Gasteiger charge is 2.14. The number of ether oxygens (including phenoxy) is 1. The topological polar surface area (TPSA) is 102 Å². The smallest absolute Gasteiger partial charge is 0.307 e. The molecular weight excluding hydrogens is 380 g/mol. The SMILES string of the molecule is CCc1ccc(NC(=O)COC(=O)CCNS(=O)(=O)c2ccc(C)cc2)cc1. The number of aryl methyl sites for hydroxylation is 2. The minimum Gasteiger partial charge on any atom is -0.456 e. The van der Waals surface area contributed by atoms with Crippen LogP contribution in [0, 0.1) is 6.92 Å². The molecule has 0 heterocycles. The van der Waals surface area contributed by atoms with E-state index in [1.807, 2.05) is 26.0 Å². The number of amides is 1. The number of hydrogen-bond acceptors (Lipinski definition) is 5. The standard InChI is InChI=1S/C20H24N2O5S/c1-3-16-6-8-17(9-7-16)22-19(23)14-27-20(24)12-13-21-28(25,26)18-10-4-15(2)5-11-18/h4-11,21H,3,12-14H2,1-2H3,(H,22,23). The molecule has 0 aromatic heterocycles. The lowest BCUT2D eigenvalue weighted by atomic mass is 10.1. The van der Waals surface area contributed by atoms with E-state index < -0.39 is 28.5 Å². The van der Waals surface area contributed by atoms with Gasteiger partial charge in [0.25, 0.3) is 5.91 Å². The fraction of sp³-hybridized carbons (Fsp3) is 0.300. The second-order valence-electron chi connectivity index (χ2n) is 6.22. The molecule has 0 saturated heterocycles. The zero-order valence-electron chi connectivity index (χ0n) is 15.9. The molecule has 2 aromatic carbocycles. The summed E-state index contributed by atoms with van der Waals surface area (Å²) in [5.41, 5.74) is 2.71. The van der Waals surface area contributed by atoms with Gasteiger partial charge in [0, 0.05) is 12.2 Å². The monoisotopic (exact) mass is 404 g/mol. The third-order valence-electron chi connectivity index (χ3n) is 3.96. The first-order valence-corrected chi connectivity index (χ1v) is 10.4. The molecule has 150 valence electrons. The van der Waals surface area contributed by atoms with Gasteiger partial charge in [0.2, 0.25) is 10.0 Å². The summed E-state index contributed by atoms with van der Waals surface area (Å²) in [5.74, 6) is -1.12. The lowest BCUT2D eigenvalue weighted by molar-refractivity contribution is -0.147. The summed E-state index contributed by atoms with van der Waals surface area (Å²) in [5, 5.41) is 2.63. The van der Waals surface area contributed by atoms with Gasteiger partial charge in [-0.05, 0) is 43.2 Å². The van der Waals surface area contributed by atoms with Crippen molar-refractivity contribution >= 4 is 27.6 Å². The van der Waals surface area contributed by atoms with Gasteiger partial charge in [0.1, 0.15) is 0 Å². The predicted octanol–water partition coefficient (Wildman–Crippen LogP) is 2.41. The van der Waals surface area contributed by atoms with E-state index >= 15 is 0 Å². The van der Waals surface area contributed by atoms with E-state index in [-0.39, 0.29) is 17.9 Å². The summed E-state index contributed by atoms with van der Waals surface area (Å²) < 4.78 is 31.4. The Morgan fingerprint density at radius 3 is 2.25 bits per heavy atom. The summed E-state index contributed by atoms with van der Waals surface area (Å²) in [6.45, 7) is 3.35. The Balaban J connectivity index is 1.71. The van der Waals surface area contributed by atoms with Crippen molar-refractivity contribution in [2.45, 2.75) is 31.6 Å². The molecule has 0 aliphatic rings. The number of carbonyl (C=O) groups excluding carboxylic acids is 2. The maximum atomic E-state index is 12.1. The number of anilines is 1. The average Bonchev–Trinajstić information content (AvgIpc) is 2.67. The highest BCUT2D eigenvalue weighted by atomic mass is 32.2. The van der Waals surface area contributed by atoms with E-state index in [4.69, 9.17) is 4.74 Å². The average molecular weight is 404 g/mol. The molecule has 28 heavy (non-hydrogen) atoms. The molecule has 2 aromatic rings. The highest BCUT2D eigenvalue weighted by Crippen LogP contribution is 2.10. The Hall–Kier alpha value is -2.71. The van der Waals surface area contributed by atoms with Crippen LogP contribution >= 0.6 is 0 Å². The second kappa shape index (κ2) is 10.0. The van der Waals surface area contributed by atoms with Crippen LogP contribution in [0.1, 0.15) is 24.5 Å². The van der Waals surface area contributed by atoms with E-state index in [9.17, 15) is 18.0 Å². The molecule has 1 amide bonds. The van der Waals surface area contributed by atoms with E-state index in [1.54, 1.807) is 24.3 Å². The lowest BCUT2D eigenvalue weighted by Crippen LogP contribution is -2.28. The zero-order valence-corrected chi connectivity index (χ0v) is 16.7. The van der Waals surface area contributed by atoms with Gasteiger partial charge in [-0.3, -0.25) is 9.59 Å². The number of carbonyl (C=O) groups is 2. The quantitative estimate of drug-likeness (QED) is 0.625. The lowest BCUT2D eigenvalue weighted by Gasteiger charge is -2.08. The van der Waals surface area contributed by atoms with Crippen molar-refractivity contribution in [3.63, 3.8) is 0 Å². The first-order valence-electron chi connectivity index (χ1n) is 8.91. The van der Waals surface area contributed by atoms with Crippen LogP contribution in [0.5, 0.6) is 0 Å². The van der Waals surface area contributed by atoms with Crippen LogP contribution in [0.25, 0.3) is 0 Å². The van der Waals surface area contributed by atoms with E-state index in [0.29, 0.717) is 5.69 Å². The second-order valence-corrected chi connectivity index (χ2v) is 7.99. The number of nitrogens with one attached hydrogen (secondary N) is 2. The summed E-state index contributed by atoms with van der Waals surface area (Å²) in [7, 11) is -3.69. The number of hydrogen-bond donors (Lipinski definition) is 2. The third-order valence-corrected chi connectivity index (χ3v) is 5.44. The fourth-order valence-corrected chi connectivity index (χ4v) is 3.36. The molecule has 7 nitrogen and oxygen atoms in total. The van der Waals surface area contributed by atoms with Gasteiger partial charge in [0.05, 0.1) is 11.3 Å². The van der Waals surface area contributed by atoms with Crippen molar-refractivity contribution in [3.05, 3.63) is 59.7 Å². The Morgan fingerprint density at radius 1 is 1.00 bits per heavy atom. The van der Waals surface area contributed by atoms with Crippen LogP contribution in [-0.2, 0) is 30.8 Å². The first-order chi connectivity index (χ1) is 13.3. The zero-order chi connectivity index (χ0) is 20.6. The molecule has 2 N–H and O–H groups in total. The van der Waals surface area contributed by atoms with E-state index in [1.165, 1.54) is 12.1 Å². The van der Waals surface area contributed by atoms with Gasteiger partial charge in [-0.15, -0.1) is 0 Å². The normalized spacial score (nSPS) is 11.1. The maximum absolute atomic E-state index is 12.1. The molecule has 0 fully saturated rings. The highest BCUT2D eigenvalue weighted by molar-refractivity contribution is 7.89. The maximum Gasteiger partial charge on any atom is 0.307 e. The minimum absolute atomic E-state index is 0.116. The summed E-state index contributed by atoms with van der Waals surface area (Å²) >= 11 is 0. The van der Waals surface area contributed by atoms with Gasteiger partial charge in [-0.1, -0.05) is 36.8 Å².